The average molecular weight is 349 g/mol. The van der Waals surface area contributed by atoms with Gasteiger partial charge >= 0.3 is 0 Å². The molecule has 1 aliphatic rings. The van der Waals surface area contributed by atoms with Gasteiger partial charge in [0.2, 0.25) is 5.75 Å². The minimum absolute atomic E-state index is 0.146. The lowest BCUT2D eigenvalue weighted by atomic mass is 10.2. The summed E-state index contributed by atoms with van der Waals surface area (Å²) in [6.07, 6.45) is 0.814. The minimum Gasteiger partial charge on any atom is -0.501 e. The van der Waals surface area contributed by atoms with Gasteiger partial charge in [0.25, 0.3) is 11.5 Å². The first kappa shape index (κ1) is 16.5. The van der Waals surface area contributed by atoms with Crippen molar-refractivity contribution in [3.05, 3.63) is 57.5 Å². The van der Waals surface area contributed by atoms with Crippen LogP contribution in [-0.4, -0.2) is 26.3 Å². The summed E-state index contributed by atoms with van der Waals surface area (Å²) in [5.41, 5.74) is -0.156. The highest BCUT2D eigenvalue weighted by Crippen LogP contribution is 2.19. The Balaban J connectivity index is 1.82. The zero-order valence-electron chi connectivity index (χ0n) is 12.8. The molecule has 0 saturated carbocycles. The summed E-state index contributed by atoms with van der Waals surface area (Å²) in [5, 5.41) is 12.6. The monoisotopic (exact) mass is 349 g/mol. The van der Waals surface area contributed by atoms with E-state index >= 15 is 0 Å². The van der Waals surface area contributed by atoms with Crippen LogP contribution in [0.1, 0.15) is 28.3 Å². The van der Waals surface area contributed by atoms with E-state index in [0.717, 1.165) is 12.2 Å². The molecule has 8 heteroatoms. The summed E-state index contributed by atoms with van der Waals surface area (Å²) in [4.78, 5) is 28.7. The molecule has 2 heterocycles. The highest BCUT2D eigenvalue weighted by atomic mass is 32.2. The van der Waals surface area contributed by atoms with E-state index in [0.29, 0.717) is 23.7 Å². The van der Waals surface area contributed by atoms with Crippen molar-refractivity contribution in [2.24, 2.45) is 0 Å². The van der Waals surface area contributed by atoms with E-state index in [-0.39, 0.29) is 18.1 Å². The Hall–Kier alpha value is -2.35. The molecule has 1 aromatic heterocycles. The number of carbonyl (C=O) groups is 1. The van der Waals surface area contributed by atoms with E-state index < -0.39 is 17.2 Å². The summed E-state index contributed by atoms with van der Waals surface area (Å²) in [7, 11) is 0. The van der Waals surface area contributed by atoms with Crippen molar-refractivity contribution in [3.8, 4) is 5.75 Å². The maximum atomic E-state index is 12.9. The molecule has 0 aliphatic carbocycles. The molecule has 0 unspecified atom stereocenters. The number of aromatic hydroxyl groups is 1. The summed E-state index contributed by atoms with van der Waals surface area (Å²) >= 11 is 1.63. The third-order valence-corrected chi connectivity index (χ3v) is 4.75. The number of nitrogens with zero attached hydrogens (tertiary/aromatic N) is 2. The van der Waals surface area contributed by atoms with Crippen molar-refractivity contribution >= 4 is 17.7 Å². The number of aromatic nitrogens is 2. The van der Waals surface area contributed by atoms with Crippen LogP contribution >= 0.6 is 11.8 Å². The van der Waals surface area contributed by atoms with Crippen LogP contribution in [-0.2, 0) is 18.8 Å². The van der Waals surface area contributed by atoms with Crippen LogP contribution in [0.3, 0.4) is 0 Å². The fraction of sp³-hybridized carbons (Fsp3) is 0.312. The third-order valence-electron chi connectivity index (χ3n) is 3.71. The van der Waals surface area contributed by atoms with Gasteiger partial charge in [-0.05, 0) is 29.9 Å². The Labute approximate surface area is 141 Å². The first-order valence-electron chi connectivity index (χ1n) is 7.49. The maximum Gasteiger partial charge on any atom is 0.296 e. The number of fused-ring (bicyclic) bond motifs is 1. The second-order valence-corrected chi connectivity index (χ2v) is 6.50. The zero-order chi connectivity index (χ0) is 17.1. The van der Waals surface area contributed by atoms with Crippen molar-refractivity contribution in [3.63, 3.8) is 0 Å². The number of halogens is 1. The Morgan fingerprint density at radius 3 is 2.88 bits per heavy atom. The topological polar surface area (TPSA) is 84.2 Å². The second kappa shape index (κ2) is 7.04. The first-order valence-corrected chi connectivity index (χ1v) is 8.65. The molecular formula is C16H16FN3O3S. The standard InChI is InChI=1S/C16H16FN3O3S/c17-11-4-2-10(3-5-11)8-18-15(22)13-14(21)16(23)20-6-1-7-24-9-12(20)19-13/h2-5,21H,1,6-9H2,(H,18,22). The Kier molecular flexibility index (Phi) is 4.84. The van der Waals surface area contributed by atoms with Gasteiger partial charge in [-0.25, -0.2) is 9.37 Å². The lowest BCUT2D eigenvalue weighted by molar-refractivity contribution is 0.0941. The lowest BCUT2D eigenvalue weighted by Crippen LogP contribution is -2.31. The van der Waals surface area contributed by atoms with Crippen molar-refractivity contribution in [2.75, 3.05) is 5.75 Å². The van der Waals surface area contributed by atoms with E-state index in [1.807, 2.05) is 0 Å². The number of benzene rings is 1. The Morgan fingerprint density at radius 2 is 2.12 bits per heavy atom. The van der Waals surface area contributed by atoms with E-state index in [4.69, 9.17) is 0 Å². The van der Waals surface area contributed by atoms with E-state index in [9.17, 15) is 19.1 Å². The van der Waals surface area contributed by atoms with Gasteiger partial charge in [-0.3, -0.25) is 14.2 Å². The number of nitrogens with one attached hydrogen (secondary N) is 1. The van der Waals surface area contributed by atoms with Gasteiger partial charge in [0, 0.05) is 13.1 Å². The van der Waals surface area contributed by atoms with Crippen LogP contribution in [0.2, 0.25) is 0 Å². The van der Waals surface area contributed by atoms with Crippen LogP contribution in [0.4, 0.5) is 4.39 Å². The number of hydrogen-bond acceptors (Lipinski definition) is 5. The molecule has 0 spiro atoms. The molecule has 1 amide bonds. The van der Waals surface area contributed by atoms with Crippen LogP contribution in [0.25, 0.3) is 0 Å². The highest BCUT2D eigenvalue weighted by Gasteiger charge is 2.22. The number of amides is 1. The van der Waals surface area contributed by atoms with Crippen molar-refractivity contribution in [1.82, 2.24) is 14.9 Å². The number of hydrogen-bond donors (Lipinski definition) is 2. The molecule has 0 saturated heterocycles. The van der Waals surface area contributed by atoms with Crippen molar-refractivity contribution in [1.29, 1.82) is 0 Å². The Bertz CT molecular complexity index is 821. The molecule has 2 aromatic rings. The molecule has 1 aliphatic heterocycles. The zero-order valence-corrected chi connectivity index (χ0v) is 13.6. The molecule has 0 bridgehead atoms. The summed E-state index contributed by atoms with van der Waals surface area (Å²) in [6.45, 7) is 0.632. The molecule has 0 radical (unpaired) electrons. The predicted octanol–water partition coefficient (Wildman–Crippen LogP) is 1.65. The fourth-order valence-corrected chi connectivity index (χ4v) is 3.32. The molecule has 1 aromatic carbocycles. The normalized spacial score (nSPS) is 13.9. The van der Waals surface area contributed by atoms with Gasteiger partial charge in [0.1, 0.15) is 11.6 Å². The number of rotatable bonds is 3. The molecule has 2 N–H and O–H groups in total. The molecule has 126 valence electrons. The van der Waals surface area contributed by atoms with Gasteiger partial charge in [0.15, 0.2) is 5.69 Å². The van der Waals surface area contributed by atoms with E-state index in [2.05, 4.69) is 10.3 Å². The highest BCUT2D eigenvalue weighted by molar-refractivity contribution is 7.98. The predicted molar refractivity (Wildman–Crippen MR) is 88.5 cm³/mol. The van der Waals surface area contributed by atoms with Crippen LogP contribution in [0, 0.1) is 5.82 Å². The molecule has 6 nitrogen and oxygen atoms in total. The fourth-order valence-electron chi connectivity index (χ4n) is 2.44. The second-order valence-electron chi connectivity index (χ2n) is 5.40. The molecule has 3 rings (SSSR count). The molecule has 24 heavy (non-hydrogen) atoms. The summed E-state index contributed by atoms with van der Waals surface area (Å²) < 4.78 is 14.3. The average Bonchev–Trinajstić information content (AvgIpc) is 2.83. The van der Waals surface area contributed by atoms with Crippen LogP contribution in [0.5, 0.6) is 5.75 Å². The largest absolute Gasteiger partial charge is 0.501 e. The van der Waals surface area contributed by atoms with Crippen molar-refractivity contribution < 1.29 is 14.3 Å². The van der Waals surface area contributed by atoms with Crippen LogP contribution < -0.4 is 10.9 Å². The van der Waals surface area contributed by atoms with Gasteiger partial charge in [-0.2, -0.15) is 11.8 Å². The quantitative estimate of drug-likeness (QED) is 0.880. The summed E-state index contributed by atoms with van der Waals surface area (Å²) in [5.74, 6) is 0.283. The summed E-state index contributed by atoms with van der Waals surface area (Å²) in [6, 6.07) is 5.68. The maximum absolute atomic E-state index is 12.9. The SMILES string of the molecule is O=C(NCc1ccc(F)cc1)c1nc2n(c(=O)c1O)CCCSC2. The molecular weight excluding hydrogens is 333 g/mol. The van der Waals surface area contributed by atoms with E-state index in [1.165, 1.54) is 16.7 Å². The first-order chi connectivity index (χ1) is 11.6. The van der Waals surface area contributed by atoms with Gasteiger partial charge in [0.05, 0.1) is 5.75 Å². The smallest absolute Gasteiger partial charge is 0.296 e. The van der Waals surface area contributed by atoms with Gasteiger partial charge in [-0.15, -0.1) is 0 Å². The molecule has 0 fully saturated rings. The van der Waals surface area contributed by atoms with Crippen molar-refractivity contribution in [2.45, 2.75) is 25.3 Å². The Morgan fingerprint density at radius 1 is 1.38 bits per heavy atom. The minimum atomic E-state index is -0.637. The lowest BCUT2D eigenvalue weighted by Gasteiger charge is -2.12. The van der Waals surface area contributed by atoms with Gasteiger partial charge < -0.3 is 10.4 Å². The third kappa shape index (κ3) is 3.43. The number of carbonyl (C=O) groups excluding carboxylic acids is 1. The van der Waals surface area contributed by atoms with E-state index in [1.54, 1.807) is 23.9 Å². The van der Waals surface area contributed by atoms with Crippen LogP contribution in [0.15, 0.2) is 29.1 Å². The molecule has 0 atom stereocenters. The number of thioether (sulfide) groups is 1. The van der Waals surface area contributed by atoms with Gasteiger partial charge in [-0.1, -0.05) is 12.1 Å².